The molecule has 2 aliphatic heterocycles. The highest BCUT2D eigenvalue weighted by molar-refractivity contribution is 5.67. The molecule has 50 heavy (non-hydrogen) atoms. The van der Waals surface area contributed by atoms with Crippen molar-refractivity contribution in [2.75, 3.05) is 45.4 Å². The van der Waals surface area contributed by atoms with Gasteiger partial charge in [0.05, 0.1) is 50.8 Å². The van der Waals surface area contributed by atoms with Crippen LogP contribution in [0.25, 0.3) is 11.1 Å². The largest absolute Gasteiger partial charge is 0.487 e. The Morgan fingerprint density at radius 2 is 1.76 bits per heavy atom. The minimum atomic E-state index is -0.430. The summed E-state index contributed by atoms with van der Waals surface area (Å²) < 4.78 is 25.4. The molecule has 1 unspecified atom stereocenters. The van der Waals surface area contributed by atoms with Crippen molar-refractivity contribution in [2.24, 2.45) is 11.1 Å². The maximum atomic E-state index is 9.65. The van der Waals surface area contributed by atoms with E-state index in [9.17, 15) is 5.26 Å². The molecule has 3 N–H and O–H groups in total. The smallest absolute Gasteiger partial charge is 0.256 e. The second-order valence-electron chi connectivity index (χ2n) is 13.6. The average Bonchev–Trinajstić information content (AvgIpc) is 3.65. The van der Waals surface area contributed by atoms with Crippen molar-refractivity contribution in [1.29, 1.82) is 16.2 Å². The van der Waals surface area contributed by atoms with Gasteiger partial charge >= 0.3 is 0 Å². The van der Waals surface area contributed by atoms with Gasteiger partial charge in [-0.15, -0.1) is 5.10 Å². The maximum absolute atomic E-state index is 9.65. The number of anilines is 2. The quantitative estimate of drug-likeness (QED) is 0.0740. The summed E-state index contributed by atoms with van der Waals surface area (Å²) in [5, 5.41) is 29.6. The van der Waals surface area contributed by atoms with E-state index in [1.165, 1.54) is 12.8 Å². The molecule has 15 nitrogen and oxygen atoms in total. The lowest BCUT2D eigenvalue weighted by Gasteiger charge is -2.43. The first-order valence-corrected chi connectivity index (χ1v) is 17.4. The second kappa shape index (κ2) is 16.4. The normalized spacial score (nSPS) is 23.0. The van der Waals surface area contributed by atoms with Gasteiger partial charge in [0, 0.05) is 49.1 Å². The summed E-state index contributed by atoms with van der Waals surface area (Å²) >= 11 is 0. The average molecular weight is 686 g/mol. The Morgan fingerprint density at radius 3 is 2.42 bits per heavy atom. The monoisotopic (exact) mass is 685 g/mol. The minimum Gasteiger partial charge on any atom is -0.487 e. The summed E-state index contributed by atoms with van der Waals surface area (Å²) in [5.41, 5.74) is 9.75. The maximum Gasteiger partial charge on any atom is 0.256 e. The van der Waals surface area contributed by atoms with E-state index >= 15 is 0 Å². The van der Waals surface area contributed by atoms with Crippen LogP contribution >= 0.6 is 0 Å². The Kier molecular flexibility index (Phi) is 11.5. The fourth-order valence-electron chi connectivity index (χ4n) is 7.38. The third kappa shape index (κ3) is 8.20. The van der Waals surface area contributed by atoms with Crippen LogP contribution in [-0.4, -0.2) is 100 Å². The minimum absolute atomic E-state index is 0.190. The molecule has 1 saturated carbocycles. The summed E-state index contributed by atoms with van der Waals surface area (Å²) in [7, 11) is 1.69. The molecule has 2 aromatic heterocycles. The van der Waals surface area contributed by atoms with E-state index in [0.29, 0.717) is 60.2 Å². The van der Waals surface area contributed by atoms with Crippen molar-refractivity contribution in [3.8, 4) is 28.8 Å². The Balaban J connectivity index is 1.14. The number of benzene rings is 1. The van der Waals surface area contributed by atoms with Crippen molar-refractivity contribution < 1.29 is 18.9 Å². The number of ether oxygens (including phenoxy) is 4. The number of rotatable bonds is 16. The number of hydrogen-bond acceptors (Lipinski definition) is 13. The number of methoxy groups -OCH3 is 1. The standard InChI is InChI=1S/C35H47N11O4/c1-23(18-47-3)19-49-34-32(17-45(42-34)28-6-8-29(9-7-28)46-30-10-11-31(46)21-48-20-30)41-35-39-14-27(15-40-35)25-4-5-26(13-36)33(12-25)50-24(2)16-44(22-37)43-38/h4-5,12,14-15,17,22-24,28-31,37-38H,6-11,16,18-21H2,1-3H3,(H,39,40,41)/t23?,24-,28?,29?,30-,31+/m0/s1. The van der Waals surface area contributed by atoms with Crippen LogP contribution < -0.4 is 14.8 Å². The van der Waals surface area contributed by atoms with Crippen LogP contribution in [0.5, 0.6) is 11.6 Å². The van der Waals surface area contributed by atoms with Gasteiger partial charge in [-0.1, -0.05) is 18.2 Å². The molecule has 4 heterocycles. The summed E-state index contributed by atoms with van der Waals surface area (Å²) in [5.74, 6) is 1.49. The molecule has 3 aromatic rings. The van der Waals surface area contributed by atoms with Gasteiger partial charge in [0.15, 0.2) is 0 Å². The Morgan fingerprint density at radius 1 is 1.06 bits per heavy atom. The second-order valence-corrected chi connectivity index (χ2v) is 13.6. The highest BCUT2D eigenvalue weighted by atomic mass is 16.5. The molecule has 266 valence electrons. The van der Waals surface area contributed by atoms with Gasteiger partial charge in [-0.05, 0) is 63.1 Å². The first-order valence-electron chi connectivity index (χ1n) is 17.4. The fraction of sp³-hybridized carbons (Fsp3) is 0.571. The first kappa shape index (κ1) is 35.2. The summed E-state index contributed by atoms with van der Waals surface area (Å²) in [6.45, 7) is 6.85. The van der Waals surface area contributed by atoms with Gasteiger partial charge in [-0.3, -0.25) is 15.0 Å². The molecular weight excluding hydrogens is 638 g/mol. The summed E-state index contributed by atoms with van der Waals surface area (Å²) in [6, 6.07) is 9.49. The van der Waals surface area contributed by atoms with Crippen LogP contribution in [0.2, 0.25) is 0 Å². The summed E-state index contributed by atoms with van der Waals surface area (Å²) in [4.78, 5) is 11.9. The molecule has 2 bridgehead atoms. The molecule has 4 atom stereocenters. The third-order valence-corrected chi connectivity index (χ3v) is 9.80. The van der Waals surface area contributed by atoms with E-state index in [2.05, 4.69) is 43.1 Å². The molecule has 3 fully saturated rings. The molecule has 3 aliphatic rings. The molecule has 1 aromatic carbocycles. The highest BCUT2D eigenvalue weighted by Crippen LogP contribution is 2.39. The van der Waals surface area contributed by atoms with Crippen LogP contribution in [0.1, 0.15) is 64.0 Å². The van der Waals surface area contributed by atoms with E-state index < -0.39 is 6.10 Å². The molecular formula is C35H47N11O4. The zero-order chi connectivity index (χ0) is 35.0. The van der Waals surface area contributed by atoms with E-state index in [1.807, 2.05) is 12.3 Å². The van der Waals surface area contributed by atoms with E-state index in [4.69, 9.17) is 35.0 Å². The number of aromatic nitrogens is 4. The predicted molar refractivity (Wildman–Crippen MR) is 186 cm³/mol. The number of nitrogens with one attached hydrogen (secondary N) is 3. The van der Waals surface area contributed by atoms with Crippen molar-refractivity contribution in [2.45, 2.75) is 82.6 Å². The van der Waals surface area contributed by atoms with E-state index in [0.717, 1.165) is 61.4 Å². The van der Waals surface area contributed by atoms with Crippen LogP contribution in [0, 0.1) is 28.2 Å². The molecule has 0 radical (unpaired) electrons. The number of nitriles is 1. The van der Waals surface area contributed by atoms with Crippen molar-refractivity contribution in [3.63, 3.8) is 0 Å². The lowest BCUT2D eigenvalue weighted by atomic mass is 9.89. The van der Waals surface area contributed by atoms with Gasteiger partial charge in [0.25, 0.3) is 5.88 Å². The summed E-state index contributed by atoms with van der Waals surface area (Å²) in [6.07, 6.45) is 12.9. The zero-order valence-corrected chi connectivity index (χ0v) is 29.0. The van der Waals surface area contributed by atoms with Crippen LogP contribution in [0.15, 0.2) is 42.0 Å². The van der Waals surface area contributed by atoms with Crippen molar-refractivity contribution in [3.05, 3.63) is 42.4 Å². The van der Waals surface area contributed by atoms with Crippen LogP contribution in [-0.2, 0) is 9.47 Å². The lowest BCUT2D eigenvalue weighted by molar-refractivity contribution is -0.0458. The van der Waals surface area contributed by atoms with Gasteiger partial charge in [-0.25, -0.2) is 15.0 Å². The topological polar surface area (TPSA) is 183 Å². The van der Waals surface area contributed by atoms with Gasteiger partial charge in [0.2, 0.25) is 5.95 Å². The van der Waals surface area contributed by atoms with E-state index in [1.54, 1.807) is 38.6 Å². The van der Waals surface area contributed by atoms with Gasteiger partial charge < -0.3 is 24.3 Å². The molecule has 2 saturated heterocycles. The number of morpholine rings is 1. The molecule has 0 amide bonds. The van der Waals surface area contributed by atoms with Crippen LogP contribution in [0.4, 0.5) is 11.6 Å². The Labute approximate surface area is 292 Å². The number of nitrogens with zero attached hydrogens (tertiary/aromatic N) is 8. The highest BCUT2D eigenvalue weighted by Gasteiger charge is 2.42. The molecule has 0 spiro atoms. The predicted octanol–water partition coefficient (Wildman–Crippen LogP) is 5.59. The zero-order valence-electron chi connectivity index (χ0n) is 29.0. The first-order chi connectivity index (χ1) is 24.4. The Hall–Kier alpha value is -4.65. The molecule has 15 heteroatoms. The SMILES string of the molecule is COCC(C)COc1nn(C2CCC(N3[C@@H]4CC[C@H]3COC4)CC2)cc1Nc1ncc(-c2ccc(C#N)c(O[C@@H](C)CN(C=N)N=N)c2)cn1. The van der Waals surface area contributed by atoms with Crippen molar-refractivity contribution >= 4 is 18.0 Å². The van der Waals surface area contributed by atoms with E-state index in [-0.39, 0.29) is 18.5 Å². The molecule has 6 rings (SSSR count). The third-order valence-electron chi connectivity index (χ3n) is 9.80. The van der Waals surface area contributed by atoms with Gasteiger partial charge in [0.1, 0.15) is 29.9 Å². The lowest BCUT2D eigenvalue weighted by Crippen LogP contribution is -2.52. The van der Waals surface area contributed by atoms with Crippen molar-refractivity contribution in [1.82, 2.24) is 29.7 Å². The fourth-order valence-corrected chi connectivity index (χ4v) is 7.38. The van der Waals surface area contributed by atoms with Gasteiger partial charge in [-0.2, -0.15) is 10.8 Å². The van der Waals surface area contributed by atoms with Crippen LogP contribution in [0.3, 0.4) is 0 Å². The number of fused-ring (bicyclic) bond motifs is 2. The molecule has 1 aliphatic carbocycles. The Bertz CT molecular complexity index is 1610. The number of hydrogen-bond donors (Lipinski definition) is 3.